The molecule has 3 aliphatic rings. The molecule has 3 rings (SSSR count). The molecule has 4 heteroatoms. The van der Waals surface area contributed by atoms with E-state index in [0.29, 0.717) is 37.7 Å². The summed E-state index contributed by atoms with van der Waals surface area (Å²) in [6.45, 7) is 3.75. The topological polar surface area (TPSA) is 44.8 Å². The van der Waals surface area contributed by atoms with Crippen LogP contribution in [-0.2, 0) is 19.0 Å². The van der Waals surface area contributed by atoms with Crippen LogP contribution in [-0.4, -0.2) is 31.6 Å². The molecule has 1 atom stereocenters. The molecule has 4 nitrogen and oxygen atoms in total. The van der Waals surface area contributed by atoms with Gasteiger partial charge in [-0.3, -0.25) is 0 Å². The maximum atomic E-state index is 11.6. The Morgan fingerprint density at radius 3 is 2.88 bits per heavy atom. The summed E-state index contributed by atoms with van der Waals surface area (Å²) >= 11 is 0. The van der Waals surface area contributed by atoms with Crippen molar-refractivity contribution in [3.8, 4) is 0 Å². The summed E-state index contributed by atoms with van der Waals surface area (Å²) in [5, 5.41) is 0. The molecule has 0 unspecified atom stereocenters. The Bertz CT molecular complexity index is 402. The van der Waals surface area contributed by atoms with Crippen LogP contribution in [0.15, 0.2) is 23.3 Å². The van der Waals surface area contributed by atoms with E-state index in [-0.39, 0.29) is 5.97 Å². The van der Waals surface area contributed by atoms with Crippen LogP contribution in [0.1, 0.15) is 19.8 Å². The minimum atomic E-state index is -0.543. The van der Waals surface area contributed by atoms with Crippen molar-refractivity contribution in [2.75, 3.05) is 19.8 Å². The maximum absolute atomic E-state index is 11.6. The number of carbonyl (C=O) groups excluding carboxylic acids is 1. The molecule has 1 fully saturated rings. The normalized spacial score (nSPS) is 33.2. The van der Waals surface area contributed by atoms with E-state index in [1.54, 1.807) is 0 Å². The lowest BCUT2D eigenvalue weighted by atomic mass is 9.90. The molecule has 0 N–H and O–H groups in total. The van der Waals surface area contributed by atoms with Gasteiger partial charge in [-0.2, -0.15) is 0 Å². The minimum absolute atomic E-state index is 0.224. The first kappa shape index (κ1) is 11.0. The van der Waals surface area contributed by atoms with Gasteiger partial charge >= 0.3 is 5.97 Å². The summed E-state index contributed by atoms with van der Waals surface area (Å²) in [5.41, 5.74) is 1.69. The van der Waals surface area contributed by atoms with Crippen LogP contribution in [0, 0.1) is 5.92 Å². The molecule has 2 aliphatic heterocycles. The fourth-order valence-electron chi connectivity index (χ4n) is 2.72. The second kappa shape index (κ2) is 3.96. The number of ether oxygens (including phenoxy) is 3. The van der Waals surface area contributed by atoms with E-state index >= 15 is 0 Å². The number of allylic oxidation sites excluding steroid dienone is 1. The molecule has 1 aliphatic carbocycles. The number of carbonyl (C=O) groups is 1. The molecule has 1 saturated heterocycles. The van der Waals surface area contributed by atoms with Crippen LogP contribution >= 0.6 is 0 Å². The highest BCUT2D eigenvalue weighted by Gasteiger charge is 2.41. The van der Waals surface area contributed by atoms with E-state index in [4.69, 9.17) is 14.2 Å². The van der Waals surface area contributed by atoms with Gasteiger partial charge in [0.2, 0.25) is 0 Å². The summed E-state index contributed by atoms with van der Waals surface area (Å²) < 4.78 is 16.6. The number of rotatable bonds is 0. The van der Waals surface area contributed by atoms with E-state index in [1.165, 1.54) is 0 Å². The summed E-state index contributed by atoms with van der Waals surface area (Å²) in [6.07, 6.45) is 5.39. The molecule has 17 heavy (non-hydrogen) atoms. The largest absolute Gasteiger partial charge is 0.458 e. The first-order valence-corrected chi connectivity index (χ1v) is 6.04. The van der Waals surface area contributed by atoms with Gasteiger partial charge < -0.3 is 14.2 Å². The summed E-state index contributed by atoms with van der Waals surface area (Å²) in [5.74, 6) is -0.437. The zero-order chi connectivity index (χ0) is 11.9. The standard InChI is InChI=1S/C13H16O4/c1-9-2-3-11-10(8-15-12(11)14)7-13(6-9)16-4-5-17-13/h2-3,9H,4-8H2,1H3/b3-2-/t9-/m0/s1. The van der Waals surface area contributed by atoms with E-state index < -0.39 is 5.79 Å². The molecule has 0 aromatic heterocycles. The average Bonchev–Trinajstić information content (AvgIpc) is 2.84. The van der Waals surface area contributed by atoms with E-state index in [2.05, 4.69) is 6.92 Å². The second-order valence-electron chi connectivity index (χ2n) is 4.92. The molecule has 0 bridgehead atoms. The Kier molecular flexibility index (Phi) is 2.56. The zero-order valence-corrected chi connectivity index (χ0v) is 9.90. The lowest BCUT2D eigenvalue weighted by Crippen LogP contribution is -2.33. The molecule has 2 heterocycles. The fourth-order valence-corrected chi connectivity index (χ4v) is 2.72. The van der Waals surface area contributed by atoms with Crippen molar-refractivity contribution in [2.24, 2.45) is 5.92 Å². The van der Waals surface area contributed by atoms with Crippen molar-refractivity contribution in [1.82, 2.24) is 0 Å². The highest BCUT2D eigenvalue weighted by Crippen LogP contribution is 2.38. The van der Waals surface area contributed by atoms with Gasteiger partial charge in [-0.15, -0.1) is 0 Å². The summed E-state index contributed by atoms with van der Waals surface area (Å²) in [7, 11) is 0. The number of cyclic esters (lactones) is 1. The minimum Gasteiger partial charge on any atom is -0.458 e. The molecule has 0 aromatic carbocycles. The van der Waals surface area contributed by atoms with Crippen LogP contribution in [0.2, 0.25) is 0 Å². The molecule has 0 amide bonds. The maximum Gasteiger partial charge on any atom is 0.338 e. The quantitative estimate of drug-likeness (QED) is 0.599. The van der Waals surface area contributed by atoms with Gasteiger partial charge in [-0.1, -0.05) is 19.1 Å². The number of hydrogen-bond donors (Lipinski definition) is 0. The highest BCUT2D eigenvalue weighted by molar-refractivity contribution is 5.94. The smallest absolute Gasteiger partial charge is 0.338 e. The molecular formula is C13H16O4. The van der Waals surface area contributed by atoms with Crippen molar-refractivity contribution in [3.05, 3.63) is 23.3 Å². The third-order valence-corrected chi connectivity index (χ3v) is 3.50. The number of hydrogen-bond acceptors (Lipinski definition) is 4. The average molecular weight is 236 g/mol. The molecule has 0 radical (unpaired) electrons. The Morgan fingerprint density at radius 1 is 1.35 bits per heavy atom. The van der Waals surface area contributed by atoms with Crippen LogP contribution in [0.3, 0.4) is 0 Å². The molecule has 92 valence electrons. The summed E-state index contributed by atoms with van der Waals surface area (Å²) in [6, 6.07) is 0. The van der Waals surface area contributed by atoms with Crippen molar-refractivity contribution >= 4 is 5.97 Å². The van der Waals surface area contributed by atoms with Crippen LogP contribution in [0.5, 0.6) is 0 Å². The Hall–Kier alpha value is -1.13. The molecule has 1 spiro atoms. The SMILES string of the molecule is C[C@H]1/C=C\C2=C(COC2=O)CC2(C1)OCCO2. The van der Waals surface area contributed by atoms with Crippen molar-refractivity contribution in [1.29, 1.82) is 0 Å². The Balaban J connectivity index is 1.96. The molecular weight excluding hydrogens is 220 g/mol. The Labute approximate surface area is 100 Å². The predicted octanol–water partition coefficient (Wildman–Crippen LogP) is 1.57. The van der Waals surface area contributed by atoms with Gasteiger partial charge in [-0.05, 0) is 11.5 Å². The lowest BCUT2D eigenvalue weighted by molar-refractivity contribution is -0.166. The van der Waals surface area contributed by atoms with Gasteiger partial charge in [0, 0.05) is 12.8 Å². The van der Waals surface area contributed by atoms with Crippen molar-refractivity contribution in [2.45, 2.75) is 25.6 Å². The Morgan fingerprint density at radius 2 is 2.12 bits per heavy atom. The van der Waals surface area contributed by atoms with E-state index in [0.717, 1.165) is 12.0 Å². The van der Waals surface area contributed by atoms with Crippen LogP contribution < -0.4 is 0 Å². The van der Waals surface area contributed by atoms with Gasteiger partial charge in [0.25, 0.3) is 0 Å². The third kappa shape index (κ3) is 1.91. The first-order valence-electron chi connectivity index (χ1n) is 6.04. The monoisotopic (exact) mass is 236 g/mol. The highest BCUT2D eigenvalue weighted by atomic mass is 16.7. The zero-order valence-electron chi connectivity index (χ0n) is 9.90. The molecule has 0 aromatic rings. The van der Waals surface area contributed by atoms with Gasteiger partial charge in [-0.25, -0.2) is 4.79 Å². The number of esters is 1. The van der Waals surface area contributed by atoms with E-state index in [1.807, 2.05) is 12.2 Å². The summed E-state index contributed by atoms with van der Waals surface area (Å²) in [4.78, 5) is 11.6. The van der Waals surface area contributed by atoms with Crippen molar-refractivity contribution in [3.63, 3.8) is 0 Å². The van der Waals surface area contributed by atoms with Gasteiger partial charge in [0.15, 0.2) is 5.79 Å². The predicted molar refractivity (Wildman–Crippen MR) is 60.2 cm³/mol. The van der Waals surface area contributed by atoms with Gasteiger partial charge in [0.05, 0.1) is 18.8 Å². The van der Waals surface area contributed by atoms with E-state index in [9.17, 15) is 4.79 Å². The lowest BCUT2D eigenvalue weighted by Gasteiger charge is -2.30. The van der Waals surface area contributed by atoms with Crippen LogP contribution in [0.4, 0.5) is 0 Å². The first-order chi connectivity index (χ1) is 8.19. The molecule has 0 saturated carbocycles. The van der Waals surface area contributed by atoms with Gasteiger partial charge in [0.1, 0.15) is 6.61 Å². The van der Waals surface area contributed by atoms with Crippen LogP contribution in [0.25, 0.3) is 0 Å². The third-order valence-electron chi connectivity index (χ3n) is 3.50. The fraction of sp³-hybridized carbons (Fsp3) is 0.615. The second-order valence-corrected chi connectivity index (χ2v) is 4.92. The van der Waals surface area contributed by atoms with Crippen molar-refractivity contribution < 1.29 is 19.0 Å².